The first kappa shape index (κ1) is 18.9. The van der Waals surface area contributed by atoms with E-state index in [-0.39, 0.29) is 0 Å². The predicted octanol–water partition coefficient (Wildman–Crippen LogP) is 2.24. The first-order valence-electron chi connectivity index (χ1n) is 7.34. The Labute approximate surface area is 146 Å². The number of hydrogen-bond acceptors (Lipinski definition) is 4. The average molecular weight is 366 g/mol. The number of nitrogens with one attached hydrogen (secondary N) is 2. The standard InChI is InChI=1S/C17H19FN2O4S/c1-17(20-25(3,22)23,12-4-6-13(18)7-5-12)16(21)19-14-8-10-15(24-2)11-9-14/h4-11,20H,1-3H3,(H,19,21). The van der Waals surface area contributed by atoms with Crippen molar-refractivity contribution in [2.75, 3.05) is 18.7 Å². The van der Waals surface area contributed by atoms with Gasteiger partial charge in [-0.05, 0) is 48.9 Å². The van der Waals surface area contributed by atoms with Crippen LogP contribution in [0.25, 0.3) is 0 Å². The number of benzene rings is 2. The number of ether oxygens (including phenoxy) is 1. The molecule has 0 spiro atoms. The van der Waals surface area contributed by atoms with E-state index in [1.165, 1.54) is 26.2 Å². The fourth-order valence-corrected chi connectivity index (χ4v) is 3.27. The first-order chi connectivity index (χ1) is 11.6. The molecule has 0 saturated carbocycles. The molecule has 0 heterocycles. The fourth-order valence-electron chi connectivity index (χ4n) is 2.32. The number of hydrogen-bond donors (Lipinski definition) is 2. The molecule has 0 aliphatic heterocycles. The lowest BCUT2D eigenvalue weighted by atomic mass is 9.92. The Morgan fingerprint density at radius 1 is 1.08 bits per heavy atom. The van der Waals surface area contributed by atoms with Crippen LogP contribution in [-0.2, 0) is 20.4 Å². The summed E-state index contributed by atoms with van der Waals surface area (Å²) in [6, 6.07) is 11.6. The molecule has 1 unspecified atom stereocenters. The lowest BCUT2D eigenvalue weighted by Crippen LogP contribution is -2.51. The third-order valence-electron chi connectivity index (χ3n) is 3.61. The summed E-state index contributed by atoms with van der Waals surface area (Å²) in [7, 11) is -2.19. The highest BCUT2D eigenvalue weighted by Gasteiger charge is 2.38. The van der Waals surface area contributed by atoms with E-state index < -0.39 is 27.3 Å². The van der Waals surface area contributed by atoms with E-state index in [9.17, 15) is 17.6 Å². The number of amides is 1. The van der Waals surface area contributed by atoms with E-state index in [4.69, 9.17) is 4.74 Å². The molecule has 1 amide bonds. The summed E-state index contributed by atoms with van der Waals surface area (Å²) in [4.78, 5) is 12.8. The van der Waals surface area contributed by atoms with Crippen molar-refractivity contribution in [1.82, 2.24) is 4.72 Å². The van der Waals surface area contributed by atoms with Crippen LogP contribution < -0.4 is 14.8 Å². The van der Waals surface area contributed by atoms with E-state index in [1.807, 2.05) is 0 Å². The minimum Gasteiger partial charge on any atom is -0.497 e. The second-order valence-electron chi connectivity index (χ2n) is 5.69. The lowest BCUT2D eigenvalue weighted by Gasteiger charge is -2.29. The Morgan fingerprint density at radius 2 is 1.64 bits per heavy atom. The van der Waals surface area contributed by atoms with Crippen LogP contribution in [-0.4, -0.2) is 27.7 Å². The van der Waals surface area contributed by atoms with Gasteiger partial charge in [-0.3, -0.25) is 4.79 Å². The number of methoxy groups -OCH3 is 1. The van der Waals surface area contributed by atoms with Crippen molar-refractivity contribution < 1.29 is 22.3 Å². The molecule has 0 radical (unpaired) electrons. The number of sulfonamides is 1. The van der Waals surface area contributed by atoms with Gasteiger partial charge in [-0.25, -0.2) is 12.8 Å². The summed E-state index contributed by atoms with van der Waals surface area (Å²) in [5.74, 6) is -0.468. The molecule has 2 aromatic carbocycles. The van der Waals surface area contributed by atoms with Crippen LogP contribution in [0.3, 0.4) is 0 Å². The van der Waals surface area contributed by atoms with Gasteiger partial charge in [-0.1, -0.05) is 12.1 Å². The lowest BCUT2D eigenvalue weighted by molar-refractivity contribution is -0.121. The highest BCUT2D eigenvalue weighted by Crippen LogP contribution is 2.25. The van der Waals surface area contributed by atoms with Crippen molar-refractivity contribution in [3.05, 3.63) is 59.9 Å². The average Bonchev–Trinajstić information content (AvgIpc) is 2.54. The van der Waals surface area contributed by atoms with Gasteiger partial charge in [0.1, 0.15) is 17.1 Å². The Kier molecular flexibility index (Phi) is 5.44. The predicted molar refractivity (Wildman–Crippen MR) is 93.4 cm³/mol. The number of carbonyl (C=O) groups excluding carboxylic acids is 1. The van der Waals surface area contributed by atoms with Gasteiger partial charge in [-0.15, -0.1) is 0 Å². The van der Waals surface area contributed by atoms with Gasteiger partial charge in [0.25, 0.3) is 0 Å². The number of carbonyl (C=O) groups is 1. The van der Waals surface area contributed by atoms with Crippen molar-refractivity contribution in [2.24, 2.45) is 0 Å². The third kappa shape index (κ3) is 4.77. The molecule has 25 heavy (non-hydrogen) atoms. The summed E-state index contributed by atoms with van der Waals surface area (Å²) in [6.45, 7) is 1.42. The monoisotopic (exact) mass is 366 g/mol. The summed E-state index contributed by atoms with van der Waals surface area (Å²) < 4.78 is 44.0. The maximum absolute atomic E-state index is 13.2. The zero-order chi connectivity index (χ0) is 18.7. The maximum atomic E-state index is 13.2. The van der Waals surface area contributed by atoms with Crippen LogP contribution in [0.5, 0.6) is 5.75 Å². The topological polar surface area (TPSA) is 84.5 Å². The van der Waals surface area contributed by atoms with Crippen molar-refractivity contribution in [3.63, 3.8) is 0 Å². The summed E-state index contributed by atoms with van der Waals surface area (Å²) in [5, 5.41) is 2.65. The molecule has 0 saturated heterocycles. The van der Waals surface area contributed by atoms with Crippen LogP contribution in [0.4, 0.5) is 10.1 Å². The molecule has 2 N–H and O–H groups in total. The smallest absolute Gasteiger partial charge is 0.249 e. The molecule has 0 aromatic heterocycles. The van der Waals surface area contributed by atoms with Crippen LogP contribution >= 0.6 is 0 Å². The molecular formula is C17H19FN2O4S. The summed E-state index contributed by atoms with van der Waals surface area (Å²) in [5.41, 5.74) is -0.832. The van der Waals surface area contributed by atoms with Crippen molar-refractivity contribution in [2.45, 2.75) is 12.5 Å². The van der Waals surface area contributed by atoms with Crippen LogP contribution in [0.2, 0.25) is 0 Å². The zero-order valence-electron chi connectivity index (χ0n) is 14.0. The SMILES string of the molecule is COc1ccc(NC(=O)C(C)(NS(C)(=O)=O)c2ccc(F)cc2)cc1. The van der Waals surface area contributed by atoms with Gasteiger partial charge in [0.2, 0.25) is 15.9 Å². The zero-order valence-corrected chi connectivity index (χ0v) is 14.9. The van der Waals surface area contributed by atoms with Gasteiger partial charge in [0.05, 0.1) is 13.4 Å². The molecular weight excluding hydrogens is 347 g/mol. The first-order valence-corrected chi connectivity index (χ1v) is 9.24. The Balaban J connectivity index is 2.36. The highest BCUT2D eigenvalue weighted by molar-refractivity contribution is 7.88. The van der Waals surface area contributed by atoms with E-state index in [2.05, 4.69) is 10.0 Å². The van der Waals surface area contributed by atoms with Gasteiger partial charge >= 0.3 is 0 Å². The van der Waals surface area contributed by atoms with Crippen molar-refractivity contribution in [1.29, 1.82) is 0 Å². The Hall–Kier alpha value is -2.45. The van der Waals surface area contributed by atoms with Gasteiger partial charge in [0, 0.05) is 5.69 Å². The quantitative estimate of drug-likeness (QED) is 0.821. The molecule has 2 aromatic rings. The normalized spacial score (nSPS) is 13.8. The summed E-state index contributed by atoms with van der Waals surface area (Å²) in [6.07, 6.45) is 0.954. The summed E-state index contributed by atoms with van der Waals surface area (Å²) >= 11 is 0. The molecule has 6 nitrogen and oxygen atoms in total. The molecule has 134 valence electrons. The van der Waals surface area contributed by atoms with Gasteiger partial charge < -0.3 is 10.1 Å². The Bertz CT molecular complexity index is 851. The van der Waals surface area contributed by atoms with E-state index in [1.54, 1.807) is 24.3 Å². The number of anilines is 1. The van der Waals surface area contributed by atoms with E-state index in [0.29, 0.717) is 17.0 Å². The fraction of sp³-hybridized carbons (Fsp3) is 0.235. The van der Waals surface area contributed by atoms with Crippen LogP contribution in [0, 0.1) is 5.82 Å². The third-order valence-corrected chi connectivity index (χ3v) is 4.39. The Morgan fingerprint density at radius 3 is 2.12 bits per heavy atom. The van der Waals surface area contributed by atoms with E-state index >= 15 is 0 Å². The van der Waals surface area contributed by atoms with Crippen molar-refractivity contribution in [3.8, 4) is 5.75 Å². The van der Waals surface area contributed by atoms with Crippen LogP contribution in [0.15, 0.2) is 48.5 Å². The van der Waals surface area contributed by atoms with Crippen molar-refractivity contribution >= 4 is 21.6 Å². The molecule has 0 aliphatic carbocycles. The molecule has 1 atom stereocenters. The minimum atomic E-state index is -3.71. The maximum Gasteiger partial charge on any atom is 0.249 e. The van der Waals surface area contributed by atoms with Crippen LogP contribution in [0.1, 0.15) is 12.5 Å². The molecule has 2 rings (SSSR count). The second kappa shape index (κ2) is 7.20. The molecule has 8 heteroatoms. The second-order valence-corrected chi connectivity index (χ2v) is 7.44. The molecule has 0 bridgehead atoms. The van der Waals surface area contributed by atoms with Gasteiger partial charge in [0.15, 0.2) is 0 Å². The van der Waals surface area contributed by atoms with E-state index in [0.717, 1.165) is 18.4 Å². The number of rotatable bonds is 6. The molecule has 0 aliphatic rings. The molecule has 0 fully saturated rings. The minimum absolute atomic E-state index is 0.310. The van der Waals surface area contributed by atoms with Gasteiger partial charge in [-0.2, -0.15) is 4.72 Å². The highest BCUT2D eigenvalue weighted by atomic mass is 32.2. The number of halogens is 1. The largest absolute Gasteiger partial charge is 0.497 e.